The summed E-state index contributed by atoms with van der Waals surface area (Å²) in [5.41, 5.74) is 0.369. The highest BCUT2D eigenvalue weighted by molar-refractivity contribution is 6.30. The maximum Gasteiger partial charge on any atom is 0.352 e. The number of likely N-dealkylation sites (N-methyl/N-ethyl adjacent to an activating group) is 1. The SMILES string of the molecule is Cc1cccc(Cn2c(=O)c(C(=O)NCCN(C)C)nn(-c3cccc(Cl)c3)c2=O)c1. The van der Waals surface area contributed by atoms with Crippen molar-refractivity contribution in [3.63, 3.8) is 0 Å². The molecule has 0 aliphatic rings. The van der Waals surface area contributed by atoms with Crippen LogP contribution in [0.25, 0.3) is 5.69 Å². The Morgan fingerprint density at radius 1 is 1.13 bits per heavy atom. The van der Waals surface area contributed by atoms with Gasteiger partial charge in [0, 0.05) is 18.1 Å². The Bertz CT molecular complexity index is 1220. The average molecular weight is 442 g/mol. The molecule has 3 rings (SSSR count). The van der Waals surface area contributed by atoms with Crippen LogP contribution < -0.4 is 16.6 Å². The van der Waals surface area contributed by atoms with E-state index in [1.165, 1.54) is 0 Å². The lowest BCUT2D eigenvalue weighted by Crippen LogP contribution is -2.46. The summed E-state index contributed by atoms with van der Waals surface area (Å²) in [4.78, 5) is 40.8. The summed E-state index contributed by atoms with van der Waals surface area (Å²) >= 11 is 6.07. The van der Waals surface area contributed by atoms with Gasteiger partial charge in [-0.15, -0.1) is 0 Å². The van der Waals surface area contributed by atoms with Crippen molar-refractivity contribution < 1.29 is 4.79 Å². The van der Waals surface area contributed by atoms with Gasteiger partial charge >= 0.3 is 5.69 Å². The van der Waals surface area contributed by atoms with Crippen LogP contribution in [0.1, 0.15) is 21.6 Å². The fraction of sp³-hybridized carbons (Fsp3) is 0.273. The second-order valence-corrected chi connectivity index (χ2v) is 7.90. The molecule has 0 saturated heterocycles. The van der Waals surface area contributed by atoms with Gasteiger partial charge in [0.2, 0.25) is 5.69 Å². The van der Waals surface area contributed by atoms with Crippen LogP contribution in [0.15, 0.2) is 58.1 Å². The molecule has 3 aromatic rings. The number of carbonyl (C=O) groups is 1. The number of hydrogen-bond acceptors (Lipinski definition) is 5. The number of aromatic nitrogens is 3. The molecule has 9 heteroatoms. The molecule has 0 saturated carbocycles. The molecule has 1 heterocycles. The van der Waals surface area contributed by atoms with Crippen LogP contribution in [-0.4, -0.2) is 52.3 Å². The standard InChI is InChI=1S/C22H24ClN5O3/c1-15-6-4-7-16(12-15)14-27-21(30)19(20(29)24-10-11-26(2)3)25-28(22(27)31)18-9-5-8-17(23)13-18/h4-9,12-13H,10-11,14H2,1-3H3,(H,24,29). The van der Waals surface area contributed by atoms with Crippen molar-refractivity contribution in [1.29, 1.82) is 0 Å². The summed E-state index contributed by atoms with van der Waals surface area (Å²) in [6.07, 6.45) is 0. The third-order valence-electron chi connectivity index (χ3n) is 4.60. The van der Waals surface area contributed by atoms with Gasteiger partial charge in [-0.3, -0.25) is 14.2 Å². The van der Waals surface area contributed by atoms with E-state index in [0.29, 0.717) is 23.8 Å². The number of aryl methyl sites for hydroxylation is 1. The van der Waals surface area contributed by atoms with Crippen molar-refractivity contribution in [2.75, 3.05) is 27.2 Å². The van der Waals surface area contributed by atoms with E-state index in [1.54, 1.807) is 24.3 Å². The van der Waals surface area contributed by atoms with Crippen LogP contribution >= 0.6 is 11.6 Å². The van der Waals surface area contributed by atoms with Crippen LogP contribution in [0.3, 0.4) is 0 Å². The lowest BCUT2D eigenvalue weighted by Gasteiger charge is -2.13. The average Bonchev–Trinajstić information content (AvgIpc) is 2.71. The summed E-state index contributed by atoms with van der Waals surface area (Å²) in [6.45, 7) is 2.87. The molecule has 1 N–H and O–H groups in total. The quantitative estimate of drug-likeness (QED) is 0.602. The summed E-state index contributed by atoms with van der Waals surface area (Å²) in [5, 5.41) is 7.17. The molecule has 1 aromatic heterocycles. The second-order valence-electron chi connectivity index (χ2n) is 7.46. The zero-order valence-electron chi connectivity index (χ0n) is 17.6. The first-order valence-electron chi connectivity index (χ1n) is 9.75. The van der Waals surface area contributed by atoms with E-state index in [1.807, 2.05) is 50.2 Å². The zero-order chi connectivity index (χ0) is 22.5. The smallest absolute Gasteiger partial charge is 0.349 e. The summed E-state index contributed by atoms with van der Waals surface area (Å²) < 4.78 is 2.05. The molecule has 31 heavy (non-hydrogen) atoms. The Morgan fingerprint density at radius 2 is 1.87 bits per heavy atom. The largest absolute Gasteiger partial charge is 0.352 e. The number of halogens is 1. The van der Waals surface area contributed by atoms with E-state index in [2.05, 4.69) is 10.4 Å². The first-order valence-corrected chi connectivity index (χ1v) is 10.1. The van der Waals surface area contributed by atoms with Crippen LogP contribution in [0.4, 0.5) is 0 Å². The molecule has 162 valence electrons. The fourth-order valence-corrected chi connectivity index (χ4v) is 3.23. The number of nitrogens with one attached hydrogen (secondary N) is 1. The van der Waals surface area contributed by atoms with Crippen LogP contribution in [0.5, 0.6) is 0 Å². The topological polar surface area (TPSA) is 89.2 Å². The molecule has 1 amide bonds. The maximum absolute atomic E-state index is 13.2. The lowest BCUT2D eigenvalue weighted by molar-refractivity contribution is 0.0941. The molecular weight excluding hydrogens is 418 g/mol. The fourth-order valence-electron chi connectivity index (χ4n) is 3.04. The van der Waals surface area contributed by atoms with Gasteiger partial charge in [0.25, 0.3) is 11.5 Å². The van der Waals surface area contributed by atoms with Crippen molar-refractivity contribution in [3.05, 3.63) is 91.2 Å². The van der Waals surface area contributed by atoms with Gasteiger partial charge in [-0.2, -0.15) is 9.78 Å². The highest BCUT2D eigenvalue weighted by Gasteiger charge is 2.20. The summed E-state index contributed by atoms with van der Waals surface area (Å²) in [7, 11) is 3.75. The van der Waals surface area contributed by atoms with Gasteiger partial charge in [-0.1, -0.05) is 47.5 Å². The molecular formula is C22H24ClN5O3. The van der Waals surface area contributed by atoms with Crippen LogP contribution in [0.2, 0.25) is 5.02 Å². The highest BCUT2D eigenvalue weighted by Crippen LogP contribution is 2.12. The summed E-state index contributed by atoms with van der Waals surface area (Å²) in [6, 6.07) is 14.0. The van der Waals surface area contributed by atoms with E-state index < -0.39 is 17.2 Å². The molecule has 0 radical (unpaired) electrons. The van der Waals surface area contributed by atoms with Gasteiger partial charge in [0.15, 0.2) is 0 Å². The molecule has 0 unspecified atom stereocenters. The minimum atomic E-state index is -0.743. The minimum Gasteiger partial charge on any atom is -0.349 e. The van der Waals surface area contributed by atoms with Crippen molar-refractivity contribution in [2.24, 2.45) is 0 Å². The molecule has 8 nitrogen and oxygen atoms in total. The Labute approximate surface area is 184 Å². The molecule has 0 fully saturated rings. The Kier molecular flexibility index (Phi) is 7.04. The van der Waals surface area contributed by atoms with E-state index in [0.717, 1.165) is 20.4 Å². The molecule has 0 bridgehead atoms. The predicted molar refractivity (Wildman–Crippen MR) is 120 cm³/mol. The number of benzene rings is 2. The zero-order valence-corrected chi connectivity index (χ0v) is 18.4. The van der Waals surface area contributed by atoms with Gasteiger partial charge in [0.1, 0.15) is 0 Å². The maximum atomic E-state index is 13.2. The van der Waals surface area contributed by atoms with Crippen molar-refractivity contribution in [3.8, 4) is 5.69 Å². The van der Waals surface area contributed by atoms with Crippen molar-refractivity contribution in [2.45, 2.75) is 13.5 Å². The van der Waals surface area contributed by atoms with Crippen LogP contribution in [-0.2, 0) is 6.54 Å². The number of rotatable bonds is 7. The molecule has 0 aliphatic carbocycles. The van der Waals surface area contributed by atoms with Crippen LogP contribution in [0, 0.1) is 6.92 Å². The highest BCUT2D eigenvalue weighted by atomic mass is 35.5. The summed E-state index contributed by atoms with van der Waals surface area (Å²) in [5.74, 6) is -0.638. The molecule has 0 aliphatic heterocycles. The van der Waals surface area contributed by atoms with Crippen molar-refractivity contribution >= 4 is 17.5 Å². The first kappa shape index (κ1) is 22.5. The van der Waals surface area contributed by atoms with Gasteiger partial charge < -0.3 is 10.2 Å². The minimum absolute atomic E-state index is 0.0143. The number of carbonyl (C=O) groups excluding carboxylic acids is 1. The lowest BCUT2D eigenvalue weighted by atomic mass is 10.1. The Morgan fingerprint density at radius 3 is 2.55 bits per heavy atom. The third-order valence-corrected chi connectivity index (χ3v) is 4.83. The van der Waals surface area contributed by atoms with Gasteiger partial charge in [-0.25, -0.2) is 4.79 Å². The second kappa shape index (κ2) is 9.72. The van der Waals surface area contributed by atoms with E-state index in [4.69, 9.17) is 11.6 Å². The van der Waals surface area contributed by atoms with E-state index in [9.17, 15) is 14.4 Å². The predicted octanol–water partition coefficient (Wildman–Crippen LogP) is 1.70. The number of amides is 1. The van der Waals surface area contributed by atoms with Crippen molar-refractivity contribution in [1.82, 2.24) is 24.6 Å². The normalized spacial score (nSPS) is 11.0. The van der Waals surface area contributed by atoms with Gasteiger partial charge in [0.05, 0.1) is 12.2 Å². The molecule has 2 aromatic carbocycles. The Hall–Kier alpha value is -3.23. The van der Waals surface area contributed by atoms with E-state index >= 15 is 0 Å². The number of nitrogens with zero attached hydrogens (tertiary/aromatic N) is 4. The van der Waals surface area contributed by atoms with E-state index in [-0.39, 0.29) is 12.2 Å². The van der Waals surface area contributed by atoms with Gasteiger partial charge in [-0.05, 0) is 44.8 Å². The molecule has 0 spiro atoms. The molecule has 0 atom stereocenters. The monoisotopic (exact) mass is 441 g/mol. The Balaban J connectivity index is 2.12. The third kappa shape index (κ3) is 5.48. The number of hydrogen-bond donors (Lipinski definition) is 1. The first-order chi connectivity index (χ1) is 14.8.